The Labute approximate surface area is 555 Å². The van der Waals surface area contributed by atoms with Crippen LogP contribution in [0.1, 0.15) is 134 Å². The van der Waals surface area contributed by atoms with Crippen LogP contribution in [0.15, 0.2) is 231 Å². The van der Waals surface area contributed by atoms with Crippen LogP contribution in [0.3, 0.4) is 0 Å². The number of rotatable bonds is 8. The lowest BCUT2D eigenvalue weighted by atomic mass is 9.74. The van der Waals surface area contributed by atoms with Crippen LogP contribution in [0.5, 0.6) is 11.5 Å². The molecular formula is C88H95F3O2. The highest BCUT2D eigenvalue weighted by Gasteiger charge is 2.53. The Morgan fingerprint density at radius 1 is 0.269 bits per heavy atom. The highest BCUT2D eigenvalue weighted by Crippen LogP contribution is 2.46. The molecule has 5 heteroatoms. The van der Waals surface area contributed by atoms with Crippen molar-refractivity contribution in [3.05, 3.63) is 353 Å². The molecule has 93 heavy (non-hydrogen) atoms. The minimum atomic E-state index is -4.36. The topological polar surface area (TPSA) is 26.3 Å². The van der Waals surface area contributed by atoms with Crippen molar-refractivity contribution in [1.82, 2.24) is 0 Å². The fraction of sp³-hybridized carbons (Fsp3) is 0.239. The average Bonchev–Trinajstić information content (AvgIpc) is 0.755. The van der Waals surface area contributed by atoms with Gasteiger partial charge in [-0.25, -0.2) is 0 Å². The molecule has 0 aliphatic carbocycles. The number of carbonyl (C=O) groups excluding carboxylic acids is 1. The Morgan fingerprint density at radius 3 is 1.04 bits per heavy atom. The minimum Gasteiger partial charge on any atom is -0.457 e. The Morgan fingerprint density at radius 2 is 0.613 bits per heavy atom. The van der Waals surface area contributed by atoms with E-state index < -0.39 is 11.6 Å². The van der Waals surface area contributed by atoms with Crippen molar-refractivity contribution in [2.45, 2.75) is 143 Å². The standard InChI is InChI=1S/C18H19F3.C16H16O.C15H16O.2C15H16.C9H12/c1-12-6-5-7-15(10-12)17(4,18(19,20)21)16-9-8-13(2)14(3)11-16;1-11-5-4-6-14(9-11)16(17)15-8-7-12(2)13(3)10-15;1-11-5-4-6-14(9-11)16-15-8-7-12(2)13(3)10-15;2*1-11-5-4-6-14(9-11)15-8-7-12(2)13(3)10-15;1-7-4-5-8(2)9(3)6-7/h5-11H,1-4H3;4-10H,1-3H3;4-10H,1-3H3;2*4-10H,1-3H3;4-6H,1-3H3. The lowest BCUT2D eigenvalue weighted by Gasteiger charge is -2.34. The average molecular weight is 1240 g/mol. The molecule has 0 saturated heterocycles. The van der Waals surface area contributed by atoms with Crippen LogP contribution >= 0.6 is 0 Å². The van der Waals surface area contributed by atoms with E-state index in [9.17, 15) is 18.0 Å². The van der Waals surface area contributed by atoms with E-state index in [1.807, 2.05) is 94.4 Å². The van der Waals surface area contributed by atoms with Gasteiger partial charge in [0, 0.05) is 11.1 Å². The zero-order valence-electron chi connectivity index (χ0n) is 58.4. The zero-order chi connectivity index (χ0) is 68.3. The van der Waals surface area contributed by atoms with Gasteiger partial charge in [-0.1, -0.05) is 222 Å². The third-order valence-electron chi connectivity index (χ3n) is 17.4. The molecule has 0 aliphatic heterocycles. The number of alkyl halides is 3. The summed E-state index contributed by atoms with van der Waals surface area (Å²) in [5.41, 5.74) is 27.4. The van der Waals surface area contributed by atoms with Crippen molar-refractivity contribution in [2.75, 3.05) is 0 Å². The summed E-state index contributed by atoms with van der Waals surface area (Å²) in [6.45, 7) is 38.4. The van der Waals surface area contributed by atoms with Crippen LogP contribution in [-0.4, -0.2) is 12.0 Å². The van der Waals surface area contributed by atoms with Gasteiger partial charge in [-0.15, -0.1) is 0 Å². The number of ketones is 1. The molecule has 0 heterocycles. The molecule has 11 aromatic carbocycles. The Balaban J connectivity index is 0.000000179. The maximum Gasteiger partial charge on any atom is 0.402 e. The van der Waals surface area contributed by atoms with Crippen molar-refractivity contribution in [3.63, 3.8) is 0 Å². The van der Waals surface area contributed by atoms with E-state index in [0.717, 1.165) is 50.4 Å². The van der Waals surface area contributed by atoms with Gasteiger partial charge in [0.2, 0.25) is 0 Å². The smallest absolute Gasteiger partial charge is 0.402 e. The third-order valence-corrected chi connectivity index (χ3v) is 17.4. The molecule has 0 spiro atoms. The summed E-state index contributed by atoms with van der Waals surface area (Å²) in [4.78, 5) is 12.3. The molecule has 0 fully saturated rings. The minimum absolute atomic E-state index is 0.0943. The lowest BCUT2D eigenvalue weighted by Crippen LogP contribution is -2.40. The summed E-state index contributed by atoms with van der Waals surface area (Å²) in [5.74, 6) is 1.88. The first kappa shape index (κ1) is 72.7. The van der Waals surface area contributed by atoms with Crippen LogP contribution in [0.25, 0.3) is 22.3 Å². The molecule has 0 N–H and O–H groups in total. The first-order chi connectivity index (χ1) is 43.9. The molecule has 11 aromatic rings. The van der Waals surface area contributed by atoms with E-state index in [1.165, 1.54) is 102 Å². The van der Waals surface area contributed by atoms with Crippen molar-refractivity contribution in [1.29, 1.82) is 0 Å². The second-order valence-corrected chi connectivity index (χ2v) is 25.4. The molecule has 0 bridgehead atoms. The summed E-state index contributed by atoms with van der Waals surface area (Å²) in [7, 11) is 0. The molecule has 1 atom stereocenters. The summed E-state index contributed by atoms with van der Waals surface area (Å²) >= 11 is 0. The summed E-state index contributed by atoms with van der Waals surface area (Å²) in [6, 6.07) is 76.5. The number of hydrogen-bond donors (Lipinski definition) is 0. The van der Waals surface area contributed by atoms with Crippen LogP contribution in [0.2, 0.25) is 0 Å². The van der Waals surface area contributed by atoms with Gasteiger partial charge in [0.1, 0.15) is 16.9 Å². The van der Waals surface area contributed by atoms with E-state index in [-0.39, 0.29) is 16.9 Å². The monoisotopic (exact) mass is 1240 g/mol. The summed E-state index contributed by atoms with van der Waals surface area (Å²) in [6.07, 6.45) is -4.36. The largest absolute Gasteiger partial charge is 0.457 e. The Kier molecular flexibility index (Phi) is 26.1. The number of hydrogen-bond acceptors (Lipinski definition) is 2. The van der Waals surface area contributed by atoms with Crippen molar-refractivity contribution in [3.8, 4) is 33.8 Å². The number of carbonyl (C=O) groups is 1. The number of benzene rings is 11. The van der Waals surface area contributed by atoms with Crippen LogP contribution in [-0.2, 0) is 5.41 Å². The molecule has 0 aliphatic rings. The zero-order valence-corrected chi connectivity index (χ0v) is 58.4. The first-order valence-electron chi connectivity index (χ1n) is 32.0. The summed E-state index contributed by atoms with van der Waals surface area (Å²) < 4.78 is 47.3. The van der Waals surface area contributed by atoms with Gasteiger partial charge < -0.3 is 4.74 Å². The van der Waals surface area contributed by atoms with Gasteiger partial charge in [-0.3, -0.25) is 4.79 Å². The predicted octanol–water partition coefficient (Wildman–Crippen LogP) is 24.9. The van der Waals surface area contributed by atoms with E-state index in [1.54, 1.807) is 49.4 Å². The van der Waals surface area contributed by atoms with Gasteiger partial charge in [-0.2, -0.15) is 13.2 Å². The SMILES string of the molecule is Cc1ccc(C)c(C)c1.Cc1cccc(-c2ccc(C)c(C)c2)c1.Cc1cccc(-c2ccc(C)c(C)c2)c1.Cc1cccc(C(=O)c2ccc(C)c(C)c2)c1.Cc1cccc(C(C)(c2ccc(C)c(C)c2)C(F)(F)F)c1.Cc1cccc(Oc2ccc(C)c(C)c2)c1. The molecule has 2 nitrogen and oxygen atoms in total. The van der Waals surface area contributed by atoms with E-state index in [4.69, 9.17) is 4.74 Å². The van der Waals surface area contributed by atoms with Crippen molar-refractivity contribution >= 4 is 5.78 Å². The fourth-order valence-corrected chi connectivity index (χ4v) is 10.3. The van der Waals surface area contributed by atoms with Crippen LogP contribution in [0.4, 0.5) is 13.2 Å². The maximum atomic E-state index is 13.8. The van der Waals surface area contributed by atoms with Gasteiger partial charge in [0.25, 0.3) is 0 Å². The molecular weight excluding hydrogens is 1150 g/mol. The van der Waals surface area contributed by atoms with Crippen molar-refractivity contribution < 1.29 is 22.7 Å². The number of halogens is 3. The number of aryl methyl sites for hydroxylation is 18. The Bertz CT molecular complexity index is 4220. The molecule has 0 radical (unpaired) electrons. The Hall–Kier alpha value is -9.32. The van der Waals surface area contributed by atoms with Crippen LogP contribution in [0, 0.1) is 125 Å². The van der Waals surface area contributed by atoms with E-state index in [0.29, 0.717) is 0 Å². The quantitative estimate of drug-likeness (QED) is 0.142. The molecule has 1 unspecified atom stereocenters. The number of ether oxygens (including phenoxy) is 1. The highest BCUT2D eigenvalue weighted by atomic mass is 19.4. The normalized spacial score (nSPS) is 11.2. The molecule has 0 aromatic heterocycles. The molecule has 480 valence electrons. The van der Waals surface area contributed by atoms with E-state index in [2.05, 4.69) is 211 Å². The predicted molar refractivity (Wildman–Crippen MR) is 390 cm³/mol. The first-order valence-corrected chi connectivity index (χ1v) is 32.0. The maximum absolute atomic E-state index is 13.8. The highest BCUT2D eigenvalue weighted by molar-refractivity contribution is 6.09. The summed E-state index contributed by atoms with van der Waals surface area (Å²) in [5, 5.41) is 0. The van der Waals surface area contributed by atoms with Gasteiger partial charge in [-0.05, 0) is 274 Å². The van der Waals surface area contributed by atoms with Gasteiger partial charge >= 0.3 is 6.18 Å². The molecule has 0 amide bonds. The van der Waals surface area contributed by atoms with Gasteiger partial charge in [0.05, 0.1) is 0 Å². The fourth-order valence-electron chi connectivity index (χ4n) is 10.3. The molecule has 0 saturated carbocycles. The van der Waals surface area contributed by atoms with E-state index >= 15 is 0 Å². The molecule has 11 rings (SSSR count). The van der Waals surface area contributed by atoms with Gasteiger partial charge in [0.15, 0.2) is 5.78 Å². The second kappa shape index (κ2) is 33.3. The second-order valence-electron chi connectivity index (χ2n) is 25.4. The van der Waals surface area contributed by atoms with Crippen molar-refractivity contribution in [2.24, 2.45) is 0 Å². The third kappa shape index (κ3) is 21.1. The van der Waals surface area contributed by atoms with Crippen LogP contribution < -0.4 is 4.74 Å². The lowest BCUT2D eigenvalue weighted by molar-refractivity contribution is -0.173.